The lowest BCUT2D eigenvalue weighted by Gasteiger charge is -2.22. The molecule has 158 valence electrons. The Morgan fingerprint density at radius 1 is 1.00 bits per heavy atom. The van der Waals surface area contributed by atoms with E-state index < -0.39 is 17.5 Å². The van der Waals surface area contributed by atoms with Crippen LogP contribution in [0, 0.1) is 0 Å². The van der Waals surface area contributed by atoms with Crippen LogP contribution in [0.1, 0.15) is 48.0 Å². The summed E-state index contributed by atoms with van der Waals surface area (Å²) < 4.78 is 10.6. The van der Waals surface area contributed by atoms with Gasteiger partial charge >= 0.3 is 11.6 Å². The molecular weight excluding hydrogens is 394 g/mol. The largest absolute Gasteiger partial charge is 0.423 e. The Bertz CT molecular complexity index is 1170. The van der Waals surface area contributed by atoms with E-state index in [4.69, 9.17) is 9.15 Å². The van der Waals surface area contributed by atoms with Crippen LogP contribution >= 0.6 is 0 Å². The number of carbonyl (C=O) groups excluding carboxylic acids is 2. The Morgan fingerprint density at radius 2 is 1.77 bits per heavy atom. The molecule has 0 atom stereocenters. The summed E-state index contributed by atoms with van der Waals surface area (Å²) in [5.41, 5.74) is 0.390. The molecule has 1 fully saturated rings. The van der Waals surface area contributed by atoms with Gasteiger partial charge in [0, 0.05) is 23.6 Å². The van der Waals surface area contributed by atoms with Gasteiger partial charge in [-0.25, -0.2) is 9.59 Å². The molecule has 4 rings (SSSR count). The average Bonchev–Trinajstić information content (AvgIpc) is 2.78. The molecule has 1 saturated carbocycles. The van der Waals surface area contributed by atoms with Crippen LogP contribution in [0.2, 0.25) is 0 Å². The predicted octanol–water partition coefficient (Wildman–Crippen LogP) is 4.47. The third kappa shape index (κ3) is 5.28. The highest BCUT2D eigenvalue weighted by Gasteiger charge is 2.20. The summed E-state index contributed by atoms with van der Waals surface area (Å²) in [6.07, 6.45) is 8.18. The number of ether oxygens (including phenoxy) is 1. The quantitative estimate of drug-likeness (QED) is 0.286. The van der Waals surface area contributed by atoms with E-state index in [-0.39, 0.29) is 22.9 Å². The van der Waals surface area contributed by atoms with Crippen molar-refractivity contribution in [1.82, 2.24) is 5.32 Å². The number of amides is 1. The Balaban J connectivity index is 1.47. The number of hydrogen-bond acceptors (Lipinski definition) is 5. The SMILES string of the molecule is O=C(/C=C/c1ccccc1)Oc1ccc2cc(C(=O)NC3CCCCC3)c(=O)oc2c1. The van der Waals surface area contributed by atoms with Crippen LogP contribution in [0.5, 0.6) is 5.75 Å². The second kappa shape index (κ2) is 9.43. The molecule has 2 aromatic carbocycles. The summed E-state index contributed by atoms with van der Waals surface area (Å²) in [6.45, 7) is 0. The lowest BCUT2D eigenvalue weighted by atomic mass is 9.95. The predicted molar refractivity (Wildman–Crippen MR) is 118 cm³/mol. The van der Waals surface area contributed by atoms with Crippen molar-refractivity contribution in [2.45, 2.75) is 38.1 Å². The van der Waals surface area contributed by atoms with E-state index in [1.807, 2.05) is 30.3 Å². The Morgan fingerprint density at radius 3 is 2.55 bits per heavy atom. The van der Waals surface area contributed by atoms with Crippen molar-refractivity contribution in [2.75, 3.05) is 0 Å². The van der Waals surface area contributed by atoms with Gasteiger partial charge in [0.25, 0.3) is 5.91 Å². The fourth-order valence-corrected chi connectivity index (χ4v) is 3.70. The van der Waals surface area contributed by atoms with Crippen LogP contribution in [0.3, 0.4) is 0 Å². The number of rotatable bonds is 5. The first kappa shape index (κ1) is 20.6. The van der Waals surface area contributed by atoms with E-state index in [1.165, 1.54) is 24.6 Å². The minimum Gasteiger partial charge on any atom is -0.423 e. The number of carbonyl (C=O) groups is 2. The lowest BCUT2D eigenvalue weighted by molar-refractivity contribution is -0.128. The van der Waals surface area contributed by atoms with Gasteiger partial charge in [0.05, 0.1) is 0 Å². The molecule has 0 unspecified atom stereocenters. The van der Waals surface area contributed by atoms with Gasteiger partial charge < -0.3 is 14.5 Å². The monoisotopic (exact) mass is 417 g/mol. The minimum absolute atomic E-state index is 0.0198. The van der Waals surface area contributed by atoms with Crippen molar-refractivity contribution >= 4 is 28.9 Å². The summed E-state index contributed by atoms with van der Waals surface area (Å²) in [5, 5.41) is 3.51. The number of fused-ring (bicyclic) bond motifs is 1. The fraction of sp³-hybridized carbons (Fsp3) is 0.240. The average molecular weight is 417 g/mol. The van der Waals surface area contributed by atoms with Crippen LogP contribution in [0.25, 0.3) is 17.0 Å². The molecule has 1 amide bonds. The molecule has 6 heteroatoms. The molecule has 0 bridgehead atoms. The summed E-state index contributed by atoms with van der Waals surface area (Å²) in [5.74, 6) is -0.712. The van der Waals surface area contributed by atoms with Crippen molar-refractivity contribution in [3.63, 3.8) is 0 Å². The maximum atomic E-state index is 12.5. The van der Waals surface area contributed by atoms with E-state index in [0.29, 0.717) is 5.39 Å². The fourth-order valence-electron chi connectivity index (χ4n) is 3.70. The van der Waals surface area contributed by atoms with E-state index in [1.54, 1.807) is 18.2 Å². The van der Waals surface area contributed by atoms with Crippen molar-refractivity contribution in [3.05, 3.63) is 82.2 Å². The van der Waals surface area contributed by atoms with Gasteiger partial charge in [0.2, 0.25) is 0 Å². The zero-order valence-electron chi connectivity index (χ0n) is 17.0. The second-order valence-corrected chi connectivity index (χ2v) is 7.62. The number of nitrogens with one attached hydrogen (secondary N) is 1. The molecule has 0 aliphatic heterocycles. The summed E-state index contributed by atoms with van der Waals surface area (Å²) in [4.78, 5) is 37.0. The number of benzene rings is 2. The molecule has 1 N–H and O–H groups in total. The summed E-state index contributed by atoms with van der Waals surface area (Å²) in [7, 11) is 0. The number of esters is 1. The normalized spacial score (nSPS) is 14.6. The molecule has 1 aromatic heterocycles. The van der Waals surface area contributed by atoms with E-state index in [2.05, 4.69) is 5.32 Å². The van der Waals surface area contributed by atoms with Crippen LogP contribution in [0.15, 0.2) is 69.9 Å². The van der Waals surface area contributed by atoms with Crippen molar-refractivity contribution in [2.24, 2.45) is 0 Å². The molecule has 31 heavy (non-hydrogen) atoms. The zero-order valence-corrected chi connectivity index (χ0v) is 17.0. The van der Waals surface area contributed by atoms with Gasteiger partial charge in [-0.05, 0) is 42.7 Å². The molecule has 3 aromatic rings. The molecule has 1 aliphatic rings. The maximum Gasteiger partial charge on any atom is 0.349 e. The molecule has 0 spiro atoms. The third-order valence-electron chi connectivity index (χ3n) is 5.32. The van der Waals surface area contributed by atoms with Crippen LogP contribution in [0.4, 0.5) is 0 Å². The van der Waals surface area contributed by atoms with E-state index in [9.17, 15) is 14.4 Å². The third-order valence-corrected chi connectivity index (χ3v) is 5.32. The van der Waals surface area contributed by atoms with Crippen LogP contribution in [-0.2, 0) is 4.79 Å². The molecule has 1 heterocycles. The highest BCUT2D eigenvalue weighted by molar-refractivity contribution is 5.97. The molecule has 6 nitrogen and oxygen atoms in total. The van der Waals surface area contributed by atoms with Gasteiger partial charge in [-0.15, -0.1) is 0 Å². The maximum absolute atomic E-state index is 12.5. The first-order valence-electron chi connectivity index (χ1n) is 10.4. The van der Waals surface area contributed by atoms with Gasteiger partial charge in [-0.3, -0.25) is 4.79 Å². The first-order valence-corrected chi connectivity index (χ1v) is 10.4. The standard InChI is InChI=1S/C25H23NO5/c27-23(14-11-17-7-3-1-4-8-17)30-20-13-12-18-15-21(25(29)31-22(18)16-20)24(28)26-19-9-5-2-6-10-19/h1,3-4,7-8,11-16,19H,2,5-6,9-10H2,(H,26,28)/b14-11+. The second-order valence-electron chi connectivity index (χ2n) is 7.62. The van der Waals surface area contributed by atoms with Gasteiger partial charge in [0.15, 0.2) is 0 Å². The Kier molecular flexibility index (Phi) is 6.26. The first-order chi connectivity index (χ1) is 15.1. The van der Waals surface area contributed by atoms with E-state index >= 15 is 0 Å². The van der Waals surface area contributed by atoms with Crippen molar-refractivity contribution in [1.29, 1.82) is 0 Å². The molecule has 0 saturated heterocycles. The summed E-state index contributed by atoms with van der Waals surface area (Å²) >= 11 is 0. The Hall–Kier alpha value is -3.67. The topological polar surface area (TPSA) is 85.6 Å². The minimum atomic E-state index is -0.715. The number of hydrogen-bond donors (Lipinski definition) is 1. The smallest absolute Gasteiger partial charge is 0.349 e. The molecule has 1 aliphatic carbocycles. The summed E-state index contributed by atoms with van der Waals surface area (Å²) in [6, 6.07) is 15.7. The molecule has 0 radical (unpaired) electrons. The zero-order chi connectivity index (χ0) is 21.6. The highest BCUT2D eigenvalue weighted by Crippen LogP contribution is 2.22. The van der Waals surface area contributed by atoms with Gasteiger partial charge in [0.1, 0.15) is 16.9 Å². The van der Waals surface area contributed by atoms with Crippen LogP contribution in [-0.4, -0.2) is 17.9 Å². The lowest BCUT2D eigenvalue weighted by Crippen LogP contribution is -2.38. The van der Waals surface area contributed by atoms with Crippen molar-refractivity contribution in [3.8, 4) is 5.75 Å². The van der Waals surface area contributed by atoms with Crippen molar-refractivity contribution < 1.29 is 18.7 Å². The van der Waals surface area contributed by atoms with Crippen LogP contribution < -0.4 is 15.7 Å². The molecular formula is C25H23NO5. The highest BCUT2D eigenvalue weighted by atomic mass is 16.5. The van der Waals surface area contributed by atoms with Gasteiger partial charge in [-0.2, -0.15) is 0 Å². The van der Waals surface area contributed by atoms with Gasteiger partial charge in [-0.1, -0.05) is 49.6 Å². The van der Waals surface area contributed by atoms with E-state index in [0.717, 1.165) is 31.2 Å². The Labute approximate surface area is 179 Å².